The summed E-state index contributed by atoms with van der Waals surface area (Å²) in [6, 6.07) is 10.5. The van der Waals surface area contributed by atoms with Gasteiger partial charge in [-0.1, -0.05) is 63.3 Å². The van der Waals surface area contributed by atoms with Gasteiger partial charge in [0.2, 0.25) is 5.91 Å². The third kappa shape index (κ3) is 9.30. The zero-order valence-electron chi connectivity index (χ0n) is 23.9. The van der Waals surface area contributed by atoms with Crippen LogP contribution in [0, 0.1) is 5.82 Å². The summed E-state index contributed by atoms with van der Waals surface area (Å²) in [6.07, 6.45) is 2.34. The molecule has 1 fully saturated rings. The number of allylic oxidation sites excluding steroid dienone is 2. The molecule has 6 nitrogen and oxygen atoms in total. The van der Waals surface area contributed by atoms with Gasteiger partial charge in [0.25, 0.3) is 0 Å². The average molecular weight is 575 g/mol. The van der Waals surface area contributed by atoms with Crippen LogP contribution in [0.3, 0.4) is 0 Å². The predicted octanol–water partition coefficient (Wildman–Crippen LogP) is 6.78. The Bertz CT molecular complexity index is 1240. The number of halogens is 4. The summed E-state index contributed by atoms with van der Waals surface area (Å²) < 4.78 is 56.4. The highest BCUT2D eigenvalue weighted by molar-refractivity contribution is 6.05. The molecule has 222 valence electrons. The minimum absolute atomic E-state index is 0.0181. The van der Waals surface area contributed by atoms with Gasteiger partial charge in [0.05, 0.1) is 11.3 Å². The Labute approximate surface area is 239 Å². The van der Waals surface area contributed by atoms with Gasteiger partial charge >= 0.3 is 12.2 Å². The van der Waals surface area contributed by atoms with E-state index in [1.807, 2.05) is 20.8 Å². The average Bonchev–Trinajstić information content (AvgIpc) is 3.18. The van der Waals surface area contributed by atoms with Crippen LogP contribution in [-0.2, 0) is 22.9 Å². The number of nitrogens with one attached hydrogen (secondary N) is 2. The van der Waals surface area contributed by atoms with Crippen molar-refractivity contribution in [3.8, 4) is 0 Å². The molecule has 1 saturated heterocycles. The van der Waals surface area contributed by atoms with Gasteiger partial charge in [0.15, 0.2) is 0 Å². The number of alkyl halides is 3. The molecule has 0 saturated carbocycles. The summed E-state index contributed by atoms with van der Waals surface area (Å²) in [6.45, 7) is 8.15. The Morgan fingerprint density at radius 1 is 1.10 bits per heavy atom. The number of urea groups is 1. The number of rotatable bonds is 8. The summed E-state index contributed by atoms with van der Waals surface area (Å²) in [5.74, 6) is -1.30. The van der Waals surface area contributed by atoms with Gasteiger partial charge < -0.3 is 15.5 Å². The van der Waals surface area contributed by atoms with Crippen molar-refractivity contribution in [1.82, 2.24) is 15.5 Å². The Hall–Kier alpha value is -3.95. The fraction of sp³-hybridized carbons (Fsp3) is 0.387. The van der Waals surface area contributed by atoms with Crippen LogP contribution in [0.4, 0.5) is 22.4 Å². The van der Waals surface area contributed by atoms with Crippen LogP contribution in [-0.4, -0.2) is 42.2 Å². The van der Waals surface area contributed by atoms with Gasteiger partial charge in [0.1, 0.15) is 11.4 Å². The maximum absolute atomic E-state index is 14.8. The summed E-state index contributed by atoms with van der Waals surface area (Å²) >= 11 is 0. The molecule has 0 radical (unpaired) electrons. The number of hydrogen-bond donors (Lipinski definition) is 2. The number of carbonyl (C=O) groups is 2. The van der Waals surface area contributed by atoms with E-state index in [2.05, 4.69) is 15.6 Å². The van der Waals surface area contributed by atoms with Crippen molar-refractivity contribution < 1.29 is 27.2 Å². The SMILES string of the molecule is CC.C\C=C/N=C(\C=C/CC)[C@@](Cc1ccccc1)(NC(=O)N1CCNC(=O)CC1)c1cc(F)cc(C(F)(F)F)c1. The smallest absolute Gasteiger partial charge is 0.354 e. The van der Waals surface area contributed by atoms with E-state index < -0.39 is 29.1 Å². The lowest BCUT2D eigenvalue weighted by atomic mass is 9.78. The molecule has 3 rings (SSSR count). The normalized spacial score (nSPS) is 16.0. The summed E-state index contributed by atoms with van der Waals surface area (Å²) in [7, 11) is 0. The van der Waals surface area contributed by atoms with E-state index in [9.17, 15) is 27.2 Å². The lowest BCUT2D eigenvalue weighted by molar-refractivity contribution is -0.137. The monoisotopic (exact) mass is 574 g/mol. The molecular formula is C31H38F4N4O2. The highest BCUT2D eigenvalue weighted by Gasteiger charge is 2.42. The zero-order valence-corrected chi connectivity index (χ0v) is 23.9. The first-order valence-electron chi connectivity index (χ1n) is 13.7. The van der Waals surface area contributed by atoms with Crippen LogP contribution >= 0.6 is 0 Å². The largest absolute Gasteiger partial charge is 0.416 e. The molecule has 3 amide bonds. The minimum Gasteiger partial charge on any atom is -0.354 e. The Kier molecular flexibility index (Phi) is 12.8. The van der Waals surface area contributed by atoms with Gasteiger partial charge in [-0.15, -0.1) is 0 Å². The van der Waals surface area contributed by atoms with Gasteiger partial charge in [-0.05, 0) is 48.7 Å². The molecule has 1 heterocycles. The predicted molar refractivity (Wildman–Crippen MR) is 154 cm³/mol. The van der Waals surface area contributed by atoms with Gasteiger partial charge in [-0.2, -0.15) is 13.2 Å². The molecule has 1 atom stereocenters. The molecule has 1 aliphatic rings. The molecular weight excluding hydrogens is 536 g/mol. The van der Waals surface area contributed by atoms with E-state index in [1.165, 1.54) is 11.1 Å². The number of nitrogens with zero attached hydrogens (tertiary/aromatic N) is 2. The van der Waals surface area contributed by atoms with Crippen molar-refractivity contribution in [3.05, 3.63) is 95.5 Å². The van der Waals surface area contributed by atoms with E-state index in [1.54, 1.807) is 55.5 Å². The molecule has 41 heavy (non-hydrogen) atoms. The highest BCUT2D eigenvalue weighted by Crippen LogP contribution is 2.36. The van der Waals surface area contributed by atoms with Crippen LogP contribution in [0.1, 0.15) is 57.2 Å². The third-order valence-corrected chi connectivity index (χ3v) is 6.26. The lowest BCUT2D eigenvalue weighted by Gasteiger charge is -2.38. The number of benzene rings is 2. The highest BCUT2D eigenvalue weighted by atomic mass is 19.4. The fourth-order valence-electron chi connectivity index (χ4n) is 4.33. The first-order valence-corrected chi connectivity index (χ1v) is 13.7. The topological polar surface area (TPSA) is 73.8 Å². The Morgan fingerprint density at radius 2 is 1.78 bits per heavy atom. The number of hydrogen-bond acceptors (Lipinski definition) is 3. The van der Waals surface area contributed by atoms with Crippen LogP contribution in [0.2, 0.25) is 0 Å². The van der Waals surface area contributed by atoms with Gasteiger partial charge in [-0.3, -0.25) is 9.79 Å². The van der Waals surface area contributed by atoms with Gasteiger partial charge in [-0.25, -0.2) is 9.18 Å². The van der Waals surface area contributed by atoms with E-state index in [0.717, 1.165) is 12.1 Å². The van der Waals surface area contributed by atoms with Crippen LogP contribution in [0.25, 0.3) is 0 Å². The second-order valence-corrected chi connectivity index (χ2v) is 9.12. The maximum Gasteiger partial charge on any atom is 0.416 e. The van der Waals surface area contributed by atoms with Crippen LogP contribution < -0.4 is 10.6 Å². The van der Waals surface area contributed by atoms with Gasteiger partial charge in [0, 0.05) is 38.7 Å². The van der Waals surface area contributed by atoms with E-state index in [0.29, 0.717) is 18.1 Å². The second-order valence-electron chi connectivity index (χ2n) is 9.12. The summed E-state index contributed by atoms with van der Waals surface area (Å²) in [4.78, 5) is 31.5. The lowest BCUT2D eigenvalue weighted by Crippen LogP contribution is -2.57. The second kappa shape index (κ2) is 15.7. The molecule has 0 bridgehead atoms. The quantitative estimate of drug-likeness (QED) is 0.269. The number of amides is 3. The first-order chi connectivity index (χ1) is 19.6. The molecule has 2 aromatic carbocycles. The molecule has 0 unspecified atom stereocenters. The standard InChI is InChI=1S/C29H32F4N4O2.C2H6/c1-3-5-11-25(34-13-4-2)28(20-21-9-7-6-8-10-21,22-17-23(29(31,32)33)19-24(30)18-22)36-27(39)37-15-12-26(38)35-14-16-37;1-2/h4-11,13,17-19H,3,12,14-16,20H2,1-2H3,(H,35,38)(H,36,39);1-2H3/b11-5-,13-4-,34-25+;/t28-;/m0./s1. The van der Waals surface area contributed by atoms with Crippen molar-refractivity contribution in [1.29, 1.82) is 0 Å². The van der Waals surface area contributed by atoms with Crippen molar-refractivity contribution in [2.75, 3.05) is 19.6 Å². The molecule has 0 spiro atoms. The van der Waals surface area contributed by atoms with Crippen molar-refractivity contribution in [3.63, 3.8) is 0 Å². The fourth-order valence-corrected chi connectivity index (χ4v) is 4.33. The summed E-state index contributed by atoms with van der Waals surface area (Å²) in [5.41, 5.74) is -2.09. The Balaban J connectivity index is 0.00000287. The minimum atomic E-state index is -4.82. The molecule has 0 aliphatic carbocycles. The molecule has 2 aromatic rings. The Morgan fingerprint density at radius 3 is 2.41 bits per heavy atom. The van der Waals surface area contributed by atoms with Crippen LogP contribution in [0.15, 0.2) is 78.0 Å². The summed E-state index contributed by atoms with van der Waals surface area (Å²) in [5, 5.41) is 5.62. The molecule has 2 N–H and O–H groups in total. The number of carbonyl (C=O) groups excluding carboxylic acids is 2. The van der Waals surface area contributed by atoms with E-state index in [4.69, 9.17) is 0 Å². The van der Waals surface area contributed by atoms with E-state index >= 15 is 0 Å². The molecule has 1 aliphatic heterocycles. The zero-order chi connectivity index (χ0) is 30.5. The van der Waals surface area contributed by atoms with Crippen molar-refractivity contribution >= 4 is 17.6 Å². The maximum atomic E-state index is 14.8. The molecule has 10 heteroatoms. The van der Waals surface area contributed by atoms with E-state index in [-0.39, 0.29) is 49.7 Å². The third-order valence-electron chi connectivity index (χ3n) is 6.26. The van der Waals surface area contributed by atoms with Crippen molar-refractivity contribution in [2.45, 2.75) is 58.7 Å². The molecule has 0 aromatic heterocycles. The van der Waals surface area contributed by atoms with Crippen LogP contribution in [0.5, 0.6) is 0 Å². The van der Waals surface area contributed by atoms with Crippen molar-refractivity contribution in [2.24, 2.45) is 4.99 Å². The first kappa shape index (κ1) is 33.3. The number of aliphatic imine (C=N–C) groups is 1.